The van der Waals surface area contributed by atoms with E-state index in [1.165, 1.54) is 6.07 Å². The Kier molecular flexibility index (Phi) is 6.05. The molecule has 3 N–H and O–H groups in total. The lowest BCUT2D eigenvalue weighted by molar-refractivity contribution is 0.0319. The van der Waals surface area contributed by atoms with Gasteiger partial charge in [-0.05, 0) is 6.07 Å². The Morgan fingerprint density at radius 2 is 2.13 bits per heavy atom. The zero-order valence-electron chi connectivity index (χ0n) is 16.9. The number of nitrogen functional groups attached to an aromatic ring is 1. The molecule has 1 aliphatic heterocycles. The van der Waals surface area contributed by atoms with E-state index in [4.69, 9.17) is 15.2 Å². The van der Waals surface area contributed by atoms with E-state index in [2.05, 4.69) is 25.0 Å². The third-order valence-corrected chi connectivity index (χ3v) is 4.89. The molecular formula is C20H25N7O3. The summed E-state index contributed by atoms with van der Waals surface area (Å²) in [4.78, 5) is 25.2. The van der Waals surface area contributed by atoms with Gasteiger partial charge in [-0.3, -0.25) is 19.4 Å². The molecule has 1 fully saturated rings. The lowest BCUT2D eigenvalue weighted by atomic mass is 10.1. The molecule has 3 aromatic heterocycles. The van der Waals surface area contributed by atoms with Crippen molar-refractivity contribution in [3.8, 4) is 17.3 Å². The molecule has 0 saturated carbocycles. The number of nitrogens with two attached hydrogens (primary N) is 1. The fourth-order valence-electron chi connectivity index (χ4n) is 3.47. The standard InChI is InChI=1S/C20H25N7O3/c1-26-13-15(18(25-26)16-12-17(28)24-20(21)23-16)11-14-3-2-4-22-19(14)30-10-7-27-5-8-29-9-6-27/h2-4,12-13H,5-11H2,1H3,(H3,21,23,24,28). The van der Waals surface area contributed by atoms with Crippen LogP contribution in [0.4, 0.5) is 5.95 Å². The van der Waals surface area contributed by atoms with Crippen LogP contribution >= 0.6 is 0 Å². The fraction of sp³-hybridized carbons (Fsp3) is 0.400. The van der Waals surface area contributed by atoms with Crippen LogP contribution < -0.4 is 16.0 Å². The molecular weight excluding hydrogens is 386 g/mol. The van der Waals surface area contributed by atoms with E-state index < -0.39 is 0 Å². The van der Waals surface area contributed by atoms with Gasteiger partial charge in [0.2, 0.25) is 11.8 Å². The summed E-state index contributed by atoms with van der Waals surface area (Å²) in [5.41, 5.74) is 8.27. The number of aryl methyl sites for hydroxylation is 1. The fourth-order valence-corrected chi connectivity index (χ4v) is 3.47. The molecule has 4 heterocycles. The number of anilines is 1. The van der Waals surface area contributed by atoms with Gasteiger partial charge >= 0.3 is 0 Å². The van der Waals surface area contributed by atoms with Crippen LogP contribution in [-0.4, -0.2) is 69.1 Å². The van der Waals surface area contributed by atoms with Gasteiger partial charge in [-0.25, -0.2) is 9.97 Å². The molecule has 158 valence electrons. The number of pyridine rings is 1. The Bertz CT molecular complexity index is 1060. The molecule has 0 aliphatic carbocycles. The Morgan fingerprint density at radius 3 is 2.93 bits per heavy atom. The van der Waals surface area contributed by atoms with Crippen molar-refractivity contribution in [2.75, 3.05) is 45.2 Å². The monoisotopic (exact) mass is 411 g/mol. The summed E-state index contributed by atoms with van der Waals surface area (Å²) in [5, 5.41) is 4.48. The summed E-state index contributed by atoms with van der Waals surface area (Å²) in [6, 6.07) is 5.25. The smallest absolute Gasteiger partial charge is 0.252 e. The molecule has 10 nitrogen and oxygen atoms in total. The number of morpholine rings is 1. The number of aromatic nitrogens is 5. The highest BCUT2D eigenvalue weighted by atomic mass is 16.5. The average Bonchev–Trinajstić information content (AvgIpc) is 3.09. The van der Waals surface area contributed by atoms with Crippen LogP contribution in [0.1, 0.15) is 11.1 Å². The third kappa shape index (κ3) is 4.84. The molecule has 0 amide bonds. The summed E-state index contributed by atoms with van der Waals surface area (Å²) in [5.74, 6) is 0.654. The number of rotatable bonds is 7. The van der Waals surface area contributed by atoms with Gasteiger partial charge in [0.05, 0.1) is 13.2 Å². The predicted octanol–water partition coefficient (Wildman–Crippen LogP) is 0.449. The molecule has 0 aromatic carbocycles. The second kappa shape index (κ2) is 9.06. The molecule has 3 aromatic rings. The first-order valence-electron chi connectivity index (χ1n) is 9.85. The SMILES string of the molecule is Cn1cc(Cc2cccnc2OCCN2CCOCC2)c(-c2cc(=O)[nH]c(N)n2)n1. The maximum atomic E-state index is 11.8. The van der Waals surface area contributed by atoms with Crippen molar-refractivity contribution in [2.24, 2.45) is 7.05 Å². The van der Waals surface area contributed by atoms with Gasteiger partial charge in [-0.15, -0.1) is 0 Å². The number of nitrogens with zero attached hydrogens (tertiary/aromatic N) is 5. The topological polar surface area (TPSA) is 124 Å². The first-order chi connectivity index (χ1) is 14.6. The molecule has 0 spiro atoms. The minimum absolute atomic E-state index is 0.0580. The maximum Gasteiger partial charge on any atom is 0.252 e. The Labute approximate surface area is 173 Å². The Morgan fingerprint density at radius 1 is 1.30 bits per heavy atom. The second-order valence-electron chi connectivity index (χ2n) is 7.14. The summed E-state index contributed by atoms with van der Waals surface area (Å²) >= 11 is 0. The van der Waals surface area contributed by atoms with Crippen molar-refractivity contribution < 1.29 is 9.47 Å². The summed E-state index contributed by atoms with van der Waals surface area (Å²) in [6.45, 7) is 4.75. The Hall–Kier alpha value is -3.24. The van der Waals surface area contributed by atoms with E-state index in [-0.39, 0.29) is 11.5 Å². The number of ether oxygens (including phenoxy) is 2. The molecule has 0 unspecified atom stereocenters. The second-order valence-corrected chi connectivity index (χ2v) is 7.14. The molecule has 0 radical (unpaired) electrons. The number of hydrogen-bond acceptors (Lipinski definition) is 8. The minimum atomic E-state index is -0.317. The lowest BCUT2D eigenvalue weighted by Crippen LogP contribution is -2.38. The van der Waals surface area contributed by atoms with Crippen LogP contribution in [0.25, 0.3) is 11.4 Å². The largest absolute Gasteiger partial charge is 0.476 e. The molecule has 1 saturated heterocycles. The summed E-state index contributed by atoms with van der Waals surface area (Å²) in [6.07, 6.45) is 4.16. The highest BCUT2D eigenvalue weighted by Gasteiger charge is 2.16. The molecule has 0 bridgehead atoms. The van der Waals surface area contributed by atoms with Crippen molar-refractivity contribution in [1.29, 1.82) is 0 Å². The molecule has 0 atom stereocenters. The number of hydrogen-bond donors (Lipinski definition) is 2. The van der Waals surface area contributed by atoms with Gasteiger partial charge in [0, 0.05) is 62.7 Å². The van der Waals surface area contributed by atoms with E-state index in [1.807, 2.05) is 25.4 Å². The van der Waals surface area contributed by atoms with Gasteiger partial charge in [0.1, 0.15) is 18.0 Å². The normalized spacial score (nSPS) is 14.7. The predicted molar refractivity (Wildman–Crippen MR) is 111 cm³/mol. The zero-order chi connectivity index (χ0) is 20.9. The van der Waals surface area contributed by atoms with Gasteiger partial charge in [-0.1, -0.05) is 6.07 Å². The third-order valence-electron chi connectivity index (χ3n) is 4.89. The zero-order valence-corrected chi connectivity index (χ0v) is 16.9. The van der Waals surface area contributed by atoms with Crippen LogP contribution in [0.15, 0.2) is 35.4 Å². The highest BCUT2D eigenvalue weighted by molar-refractivity contribution is 5.60. The minimum Gasteiger partial charge on any atom is -0.476 e. The van der Waals surface area contributed by atoms with Crippen LogP contribution in [0, 0.1) is 0 Å². The lowest BCUT2D eigenvalue weighted by Gasteiger charge is -2.26. The number of nitrogens with one attached hydrogen (secondary N) is 1. The van der Waals surface area contributed by atoms with E-state index >= 15 is 0 Å². The van der Waals surface area contributed by atoms with Crippen molar-refractivity contribution in [3.63, 3.8) is 0 Å². The molecule has 4 rings (SSSR count). The van der Waals surface area contributed by atoms with Crippen molar-refractivity contribution in [3.05, 3.63) is 52.1 Å². The van der Waals surface area contributed by atoms with Gasteiger partial charge in [0.15, 0.2) is 0 Å². The Balaban J connectivity index is 1.51. The van der Waals surface area contributed by atoms with Crippen LogP contribution in [0.2, 0.25) is 0 Å². The highest BCUT2D eigenvalue weighted by Crippen LogP contribution is 2.25. The first kappa shape index (κ1) is 20.0. The van der Waals surface area contributed by atoms with E-state index in [9.17, 15) is 4.79 Å². The van der Waals surface area contributed by atoms with Gasteiger partial charge in [-0.2, -0.15) is 5.10 Å². The summed E-state index contributed by atoms with van der Waals surface area (Å²) < 4.78 is 13.1. The summed E-state index contributed by atoms with van der Waals surface area (Å²) in [7, 11) is 1.83. The van der Waals surface area contributed by atoms with E-state index in [0.717, 1.165) is 44.0 Å². The van der Waals surface area contributed by atoms with Crippen LogP contribution in [0.5, 0.6) is 5.88 Å². The first-order valence-corrected chi connectivity index (χ1v) is 9.85. The number of aromatic amines is 1. The molecule has 10 heteroatoms. The van der Waals surface area contributed by atoms with E-state index in [1.54, 1.807) is 10.9 Å². The maximum absolute atomic E-state index is 11.8. The van der Waals surface area contributed by atoms with Crippen LogP contribution in [-0.2, 0) is 18.2 Å². The van der Waals surface area contributed by atoms with Crippen molar-refractivity contribution in [1.82, 2.24) is 29.6 Å². The number of H-pyrrole nitrogens is 1. The molecule has 1 aliphatic rings. The van der Waals surface area contributed by atoms with Crippen molar-refractivity contribution >= 4 is 5.95 Å². The quantitative estimate of drug-likeness (QED) is 0.574. The van der Waals surface area contributed by atoms with Gasteiger partial charge < -0.3 is 15.2 Å². The van der Waals surface area contributed by atoms with Crippen LogP contribution in [0.3, 0.4) is 0 Å². The van der Waals surface area contributed by atoms with Crippen molar-refractivity contribution in [2.45, 2.75) is 6.42 Å². The van der Waals surface area contributed by atoms with Gasteiger partial charge in [0.25, 0.3) is 5.56 Å². The van der Waals surface area contributed by atoms with E-state index in [0.29, 0.717) is 30.3 Å². The average molecular weight is 411 g/mol. The molecule has 30 heavy (non-hydrogen) atoms.